The highest BCUT2D eigenvalue weighted by atomic mass is 32.2. The molecule has 3 nitrogen and oxygen atoms in total. The van der Waals surface area contributed by atoms with Crippen molar-refractivity contribution in [2.75, 3.05) is 6.54 Å². The summed E-state index contributed by atoms with van der Waals surface area (Å²) in [5.74, 6) is -2.30. The number of halogens is 3. The van der Waals surface area contributed by atoms with Crippen LogP contribution in [-0.2, 0) is 10.0 Å². The van der Waals surface area contributed by atoms with Gasteiger partial charge in [0.05, 0.1) is 6.04 Å². The summed E-state index contributed by atoms with van der Waals surface area (Å²) in [6, 6.07) is 7.39. The SMILES string of the molecule is O=S(=O)(c1cc(F)ccc1F)N1CCC[C@@H]1c1cccc(F)c1. The van der Waals surface area contributed by atoms with Gasteiger partial charge in [0, 0.05) is 6.54 Å². The number of hydrogen-bond acceptors (Lipinski definition) is 2. The Morgan fingerprint density at radius 3 is 2.48 bits per heavy atom. The Labute approximate surface area is 132 Å². The van der Waals surface area contributed by atoms with Crippen LogP contribution in [0.2, 0.25) is 0 Å². The highest BCUT2D eigenvalue weighted by Gasteiger charge is 2.37. The van der Waals surface area contributed by atoms with E-state index in [9.17, 15) is 21.6 Å². The molecule has 0 amide bonds. The summed E-state index contributed by atoms with van der Waals surface area (Å²) in [7, 11) is -4.21. The number of nitrogens with zero attached hydrogens (tertiary/aromatic N) is 1. The Bertz CT molecular complexity index is 839. The minimum absolute atomic E-state index is 0.180. The van der Waals surface area contributed by atoms with Gasteiger partial charge in [-0.25, -0.2) is 21.6 Å². The third-order valence-corrected chi connectivity index (χ3v) is 5.84. The molecule has 0 spiro atoms. The van der Waals surface area contributed by atoms with Crippen molar-refractivity contribution in [1.29, 1.82) is 0 Å². The molecule has 1 aliphatic rings. The fraction of sp³-hybridized carbons (Fsp3) is 0.250. The standard InChI is InChI=1S/C16H14F3NO2S/c17-12-4-1-3-11(9-12)15-5-2-8-20(15)23(21,22)16-10-13(18)6-7-14(16)19/h1,3-4,6-7,9-10,15H,2,5,8H2/t15-/m1/s1. The smallest absolute Gasteiger partial charge is 0.207 e. The maximum Gasteiger partial charge on any atom is 0.246 e. The topological polar surface area (TPSA) is 37.4 Å². The van der Waals surface area contributed by atoms with E-state index in [1.807, 2.05) is 0 Å². The van der Waals surface area contributed by atoms with E-state index in [2.05, 4.69) is 0 Å². The molecule has 0 aromatic heterocycles. The average Bonchev–Trinajstić information content (AvgIpc) is 3.00. The van der Waals surface area contributed by atoms with Crippen LogP contribution in [0.1, 0.15) is 24.4 Å². The van der Waals surface area contributed by atoms with Crippen molar-refractivity contribution >= 4 is 10.0 Å². The molecule has 1 atom stereocenters. The van der Waals surface area contributed by atoms with E-state index in [4.69, 9.17) is 0 Å². The molecule has 1 saturated heterocycles. The number of rotatable bonds is 3. The molecule has 0 radical (unpaired) electrons. The van der Waals surface area contributed by atoms with Crippen LogP contribution in [-0.4, -0.2) is 19.3 Å². The first-order chi connectivity index (χ1) is 10.9. The van der Waals surface area contributed by atoms with Crippen molar-refractivity contribution in [3.63, 3.8) is 0 Å². The lowest BCUT2D eigenvalue weighted by molar-refractivity contribution is 0.392. The van der Waals surface area contributed by atoms with E-state index in [0.29, 0.717) is 24.5 Å². The summed E-state index contributed by atoms with van der Waals surface area (Å²) in [5, 5.41) is 0. The lowest BCUT2D eigenvalue weighted by atomic mass is 10.1. The van der Waals surface area contributed by atoms with Crippen molar-refractivity contribution in [2.45, 2.75) is 23.8 Å². The highest BCUT2D eigenvalue weighted by Crippen LogP contribution is 2.37. The van der Waals surface area contributed by atoms with Gasteiger partial charge >= 0.3 is 0 Å². The van der Waals surface area contributed by atoms with E-state index in [-0.39, 0.29) is 6.54 Å². The maximum absolute atomic E-state index is 13.9. The van der Waals surface area contributed by atoms with Gasteiger partial charge in [0.1, 0.15) is 22.3 Å². The van der Waals surface area contributed by atoms with Crippen LogP contribution in [0.4, 0.5) is 13.2 Å². The zero-order chi connectivity index (χ0) is 16.6. The minimum Gasteiger partial charge on any atom is -0.207 e. The first-order valence-corrected chi connectivity index (χ1v) is 8.56. The molecule has 3 rings (SSSR count). The normalized spacial score (nSPS) is 19.2. The number of hydrogen-bond donors (Lipinski definition) is 0. The number of benzene rings is 2. The zero-order valence-corrected chi connectivity index (χ0v) is 12.9. The maximum atomic E-state index is 13.9. The molecule has 23 heavy (non-hydrogen) atoms. The van der Waals surface area contributed by atoms with Crippen LogP contribution >= 0.6 is 0 Å². The van der Waals surface area contributed by atoms with Crippen LogP contribution in [0, 0.1) is 17.5 Å². The molecule has 0 N–H and O–H groups in total. The van der Waals surface area contributed by atoms with Gasteiger partial charge in [-0.3, -0.25) is 0 Å². The average molecular weight is 341 g/mol. The summed E-state index contributed by atoms with van der Waals surface area (Å²) < 4.78 is 67.1. The molecular formula is C16H14F3NO2S. The van der Waals surface area contributed by atoms with Gasteiger partial charge in [-0.05, 0) is 48.7 Å². The van der Waals surface area contributed by atoms with Gasteiger partial charge in [-0.15, -0.1) is 0 Å². The van der Waals surface area contributed by atoms with Crippen LogP contribution in [0.15, 0.2) is 47.4 Å². The molecule has 0 aliphatic carbocycles. The first-order valence-electron chi connectivity index (χ1n) is 7.12. The van der Waals surface area contributed by atoms with Gasteiger partial charge in [-0.1, -0.05) is 12.1 Å². The quantitative estimate of drug-likeness (QED) is 0.855. The predicted molar refractivity (Wildman–Crippen MR) is 78.6 cm³/mol. The molecule has 1 fully saturated rings. The second-order valence-corrected chi connectivity index (χ2v) is 7.26. The second-order valence-electron chi connectivity index (χ2n) is 5.40. The van der Waals surface area contributed by atoms with Crippen molar-refractivity contribution in [3.05, 3.63) is 65.5 Å². The van der Waals surface area contributed by atoms with Gasteiger partial charge < -0.3 is 0 Å². The largest absolute Gasteiger partial charge is 0.246 e. The lowest BCUT2D eigenvalue weighted by Crippen LogP contribution is -2.31. The van der Waals surface area contributed by atoms with Crippen molar-refractivity contribution < 1.29 is 21.6 Å². The van der Waals surface area contributed by atoms with E-state index >= 15 is 0 Å². The van der Waals surface area contributed by atoms with Gasteiger partial charge in [0.25, 0.3) is 0 Å². The zero-order valence-electron chi connectivity index (χ0n) is 12.0. The molecule has 2 aromatic rings. The van der Waals surface area contributed by atoms with Gasteiger partial charge in [-0.2, -0.15) is 4.31 Å². The van der Waals surface area contributed by atoms with Crippen LogP contribution in [0.25, 0.3) is 0 Å². The summed E-state index contributed by atoms with van der Waals surface area (Å²) in [6.45, 7) is 0.180. The van der Waals surface area contributed by atoms with E-state index in [1.54, 1.807) is 6.07 Å². The van der Waals surface area contributed by atoms with Crippen molar-refractivity contribution in [3.8, 4) is 0 Å². The molecule has 0 bridgehead atoms. The Morgan fingerprint density at radius 2 is 1.74 bits per heavy atom. The third kappa shape index (κ3) is 2.98. The van der Waals surface area contributed by atoms with Crippen LogP contribution in [0.3, 0.4) is 0 Å². The summed E-state index contributed by atoms with van der Waals surface area (Å²) in [5.41, 5.74) is 0.503. The molecule has 122 valence electrons. The minimum atomic E-state index is -4.21. The van der Waals surface area contributed by atoms with E-state index < -0.39 is 38.4 Å². The van der Waals surface area contributed by atoms with Crippen molar-refractivity contribution in [1.82, 2.24) is 4.31 Å². The third-order valence-electron chi connectivity index (χ3n) is 3.92. The number of sulfonamides is 1. The summed E-state index contributed by atoms with van der Waals surface area (Å²) >= 11 is 0. The Balaban J connectivity index is 2.03. The Morgan fingerprint density at radius 1 is 1.00 bits per heavy atom. The van der Waals surface area contributed by atoms with Crippen LogP contribution in [0.5, 0.6) is 0 Å². The molecule has 2 aromatic carbocycles. The molecule has 7 heteroatoms. The highest BCUT2D eigenvalue weighted by molar-refractivity contribution is 7.89. The molecule has 0 saturated carbocycles. The second kappa shape index (κ2) is 5.98. The first kappa shape index (κ1) is 16.0. The molecular weight excluding hydrogens is 327 g/mol. The molecule has 1 aliphatic heterocycles. The fourth-order valence-corrected chi connectivity index (χ4v) is 4.64. The molecule has 1 heterocycles. The summed E-state index contributed by atoms with van der Waals surface area (Å²) in [6.07, 6.45) is 1.07. The van der Waals surface area contributed by atoms with Crippen molar-refractivity contribution in [2.24, 2.45) is 0 Å². The van der Waals surface area contributed by atoms with E-state index in [1.165, 1.54) is 18.2 Å². The van der Waals surface area contributed by atoms with E-state index in [0.717, 1.165) is 16.4 Å². The molecule has 0 unspecified atom stereocenters. The lowest BCUT2D eigenvalue weighted by Gasteiger charge is -2.24. The van der Waals surface area contributed by atoms with Gasteiger partial charge in [0.15, 0.2) is 0 Å². The summed E-state index contributed by atoms with van der Waals surface area (Å²) in [4.78, 5) is -0.694. The predicted octanol–water partition coefficient (Wildman–Crippen LogP) is 3.63. The Hall–Kier alpha value is -1.86. The van der Waals surface area contributed by atoms with Gasteiger partial charge in [0.2, 0.25) is 10.0 Å². The Kier molecular flexibility index (Phi) is 4.16. The monoisotopic (exact) mass is 341 g/mol. The fourth-order valence-electron chi connectivity index (χ4n) is 2.88. The van der Waals surface area contributed by atoms with Crippen LogP contribution < -0.4 is 0 Å².